The lowest BCUT2D eigenvalue weighted by Gasteiger charge is -2.39. The Hall–Kier alpha value is -2.69. The van der Waals surface area contributed by atoms with Crippen molar-refractivity contribution in [1.82, 2.24) is 19.5 Å². The number of carbonyl (C=O) groups excluding carboxylic acids is 1. The minimum atomic E-state index is -2.05. The van der Waals surface area contributed by atoms with Crippen LogP contribution >= 0.6 is 22.6 Å². The van der Waals surface area contributed by atoms with E-state index in [0.29, 0.717) is 23.1 Å². The average molecular weight is 697 g/mol. The second-order valence-corrected chi connectivity index (χ2v) is 17.8. The summed E-state index contributed by atoms with van der Waals surface area (Å²) in [5.41, 5.74) is 1.10. The number of nitro groups is 1. The normalized spacial score (nSPS) is 20.3. The van der Waals surface area contributed by atoms with Crippen molar-refractivity contribution in [3.63, 3.8) is 0 Å². The molecule has 12 nitrogen and oxygen atoms in total. The van der Waals surface area contributed by atoms with Gasteiger partial charge in [0.25, 0.3) is 5.69 Å². The molecule has 0 spiro atoms. The lowest BCUT2D eigenvalue weighted by atomic mass is 10.1. The fourth-order valence-electron chi connectivity index (χ4n) is 4.56. The van der Waals surface area contributed by atoms with Gasteiger partial charge < -0.3 is 13.9 Å². The summed E-state index contributed by atoms with van der Waals surface area (Å²) < 4.78 is 21.9. The van der Waals surface area contributed by atoms with E-state index in [-0.39, 0.29) is 40.7 Å². The third kappa shape index (κ3) is 6.70. The maximum atomic E-state index is 11.9. The van der Waals surface area contributed by atoms with E-state index >= 15 is 0 Å². The number of imidazole rings is 1. The van der Waals surface area contributed by atoms with Crippen LogP contribution in [0, 0.1) is 13.7 Å². The van der Waals surface area contributed by atoms with E-state index in [1.165, 1.54) is 13.0 Å². The molecule has 14 heteroatoms. The van der Waals surface area contributed by atoms with E-state index in [1.807, 2.05) is 27.2 Å². The van der Waals surface area contributed by atoms with Crippen molar-refractivity contribution < 1.29 is 23.6 Å². The molecule has 1 aromatic carbocycles. The first-order valence-corrected chi connectivity index (χ1v) is 17.6. The van der Waals surface area contributed by atoms with Crippen molar-refractivity contribution in [1.29, 1.82) is 0 Å². The van der Waals surface area contributed by atoms with Gasteiger partial charge in [-0.15, -0.1) is 0 Å². The Morgan fingerprint density at radius 1 is 1.34 bits per heavy atom. The molecule has 2 unspecified atom stereocenters. The second kappa shape index (κ2) is 11.9. The SMILES string of the molecule is CC[C@H]1O[C@@H](n2cnc3c(OC(C)c4ccc(I)cc4[N+](=O)[O-])nc(NC(C)=O)nc32)CC1O[Si](C)(C)C(C)(C)C. The van der Waals surface area contributed by atoms with E-state index in [4.69, 9.17) is 13.9 Å². The van der Waals surface area contributed by atoms with Crippen molar-refractivity contribution >= 4 is 59.6 Å². The van der Waals surface area contributed by atoms with Crippen LogP contribution in [0.15, 0.2) is 24.5 Å². The third-order valence-electron chi connectivity index (χ3n) is 7.74. The van der Waals surface area contributed by atoms with Crippen molar-refractivity contribution in [2.24, 2.45) is 0 Å². The molecule has 1 N–H and O–H groups in total. The molecule has 1 amide bonds. The molecule has 222 valence electrons. The monoisotopic (exact) mass is 696 g/mol. The molecule has 0 bridgehead atoms. The number of ether oxygens (including phenoxy) is 2. The molecular formula is C27H37IN6O6Si. The predicted molar refractivity (Wildman–Crippen MR) is 165 cm³/mol. The lowest BCUT2D eigenvalue weighted by Crippen LogP contribution is -2.45. The Morgan fingerprint density at radius 2 is 2.05 bits per heavy atom. The maximum absolute atomic E-state index is 11.9. The van der Waals surface area contributed by atoms with Gasteiger partial charge in [-0.25, -0.2) is 4.98 Å². The number of rotatable bonds is 9. The molecule has 4 atom stereocenters. The van der Waals surface area contributed by atoms with Crippen molar-refractivity contribution in [3.05, 3.63) is 43.8 Å². The largest absolute Gasteiger partial charge is 0.468 e. The summed E-state index contributed by atoms with van der Waals surface area (Å²) in [6, 6.07) is 4.93. The summed E-state index contributed by atoms with van der Waals surface area (Å²) in [4.78, 5) is 36.7. The van der Waals surface area contributed by atoms with Crippen LogP contribution in [0.1, 0.15) is 72.3 Å². The van der Waals surface area contributed by atoms with Gasteiger partial charge in [0.2, 0.25) is 17.7 Å². The zero-order valence-electron chi connectivity index (χ0n) is 24.6. The third-order valence-corrected chi connectivity index (χ3v) is 12.9. The predicted octanol–water partition coefficient (Wildman–Crippen LogP) is 6.53. The maximum Gasteiger partial charge on any atom is 0.277 e. The van der Waals surface area contributed by atoms with Crippen LogP contribution in [-0.4, -0.2) is 50.9 Å². The Balaban J connectivity index is 1.71. The molecule has 0 radical (unpaired) electrons. The molecule has 2 aromatic heterocycles. The molecule has 1 fully saturated rings. The topological polar surface area (TPSA) is 144 Å². The first-order chi connectivity index (χ1) is 19.1. The number of nitrogens with zero attached hydrogens (tertiary/aromatic N) is 5. The van der Waals surface area contributed by atoms with Gasteiger partial charge in [0.05, 0.1) is 29.0 Å². The Labute approximate surface area is 254 Å². The van der Waals surface area contributed by atoms with Gasteiger partial charge in [0.1, 0.15) is 12.3 Å². The van der Waals surface area contributed by atoms with Crippen LogP contribution in [0.3, 0.4) is 0 Å². The highest BCUT2D eigenvalue weighted by Crippen LogP contribution is 2.42. The highest BCUT2D eigenvalue weighted by atomic mass is 127. The van der Waals surface area contributed by atoms with E-state index in [9.17, 15) is 14.9 Å². The molecule has 0 saturated carbocycles. The van der Waals surface area contributed by atoms with E-state index in [1.54, 1.807) is 25.4 Å². The summed E-state index contributed by atoms with van der Waals surface area (Å²) in [6.45, 7) is 16.2. The standard InChI is InChI=1S/C27H37IN6O6Si/c1-9-20-21(40-41(7,8)27(4,5)6)13-22(39-20)33-14-29-23-24(33)31-26(30-16(3)35)32-25(23)38-15(2)18-11-10-17(28)12-19(18)34(36)37/h10-12,14-15,20-22H,9,13H2,1-8H3,(H,30,31,32,35)/t15?,20-,21?,22-/m1/s1. The minimum absolute atomic E-state index is 0.0326. The number of nitro benzene ring substituents is 1. The summed E-state index contributed by atoms with van der Waals surface area (Å²) in [6.07, 6.45) is 1.69. The fraction of sp³-hybridized carbons (Fsp3) is 0.556. The second-order valence-electron chi connectivity index (χ2n) is 11.8. The van der Waals surface area contributed by atoms with Crippen LogP contribution in [0.25, 0.3) is 11.2 Å². The number of hydrogen-bond acceptors (Lipinski definition) is 9. The van der Waals surface area contributed by atoms with Gasteiger partial charge >= 0.3 is 0 Å². The van der Waals surface area contributed by atoms with Crippen LogP contribution in [0.4, 0.5) is 11.6 Å². The molecule has 1 aliphatic heterocycles. The van der Waals surface area contributed by atoms with Crippen LogP contribution < -0.4 is 10.1 Å². The number of carbonyl (C=O) groups is 1. The smallest absolute Gasteiger partial charge is 0.277 e. The molecule has 4 rings (SSSR count). The highest BCUT2D eigenvalue weighted by molar-refractivity contribution is 14.1. The summed E-state index contributed by atoms with van der Waals surface area (Å²) in [5.74, 6) is -0.226. The number of fused-ring (bicyclic) bond motifs is 1. The summed E-state index contributed by atoms with van der Waals surface area (Å²) in [5, 5.41) is 14.4. The molecule has 41 heavy (non-hydrogen) atoms. The van der Waals surface area contributed by atoms with Gasteiger partial charge in [0.15, 0.2) is 19.5 Å². The quantitative estimate of drug-likeness (QED) is 0.114. The van der Waals surface area contributed by atoms with E-state index < -0.39 is 25.6 Å². The highest BCUT2D eigenvalue weighted by Gasteiger charge is 2.45. The molecule has 3 aromatic rings. The molecule has 0 aliphatic carbocycles. The van der Waals surface area contributed by atoms with Gasteiger partial charge in [-0.05, 0) is 66.2 Å². The fourth-order valence-corrected chi connectivity index (χ4v) is 6.39. The van der Waals surface area contributed by atoms with Gasteiger partial charge in [0, 0.05) is 23.0 Å². The van der Waals surface area contributed by atoms with Crippen LogP contribution in [0.5, 0.6) is 5.88 Å². The number of benzene rings is 1. The molecular weight excluding hydrogens is 659 g/mol. The Bertz CT molecular complexity index is 1460. The molecule has 3 heterocycles. The Morgan fingerprint density at radius 3 is 2.66 bits per heavy atom. The summed E-state index contributed by atoms with van der Waals surface area (Å²) >= 11 is 2.03. The van der Waals surface area contributed by atoms with Gasteiger partial charge in [-0.2, -0.15) is 9.97 Å². The lowest BCUT2D eigenvalue weighted by molar-refractivity contribution is -0.386. The number of amides is 1. The molecule has 1 aliphatic rings. The van der Waals surface area contributed by atoms with Gasteiger partial charge in [-0.1, -0.05) is 27.7 Å². The zero-order valence-corrected chi connectivity index (χ0v) is 27.8. The van der Waals surface area contributed by atoms with Crippen molar-refractivity contribution in [2.75, 3.05) is 5.32 Å². The minimum Gasteiger partial charge on any atom is -0.468 e. The Kier molecular flexibility index (Phi) is 9.06. The first-order valence-electron chi connectivity index (χ1n) is 13.6. The average Bonchev–Trinajstić information content (AvgIpc) is 3.46. The van der Waals surface area contributed by atoms with E-state index in [2.05, 4.69) is 61.1 Å². The molecule has 1 saturated heterocycles. The van der Waals surface area contributed by atoms with Crippen molar-refractivity contribution in [3.8, 4) is 5.88 Å². The van der Waals surface area contributed by atoms with E-state index in [0.717, 1.165) is 9.99 Å². The van der Waals surface area contributed by atoms with Crippen molar-refractivity contribution in [2.45, 2.75) is 97.1 Å². The number of anilines is 1. The zero-order chi connectivity index (χ0) is 30.3. The first kappa shape index (κ1) is 31.2. The van der Waals surface area contributed by atoms with Gasteiger partial charge in [-0.3, -0.25) is 24.8 Å². The number of halogens is 1. The number of aromatic nitrogens is 4. The summed E-state index contributed by atoms with van der Waals surface area (Å²) in [7, 11) is -2.05. The number of hydrogen-bond donors (Lipinski definition) is 1. The number of nitrogens with one attached hydrogen (secondary N) is 1. The van der Waals surface area contributed by atoms with Crippen LogP contribution in [0.2, 0.25) is 18.1 Å². The van der Waals surface area contributed by atoms with Crippen LogP contribution in [-0.2, 0) is 14.0 Å².